The lowest BCUT2D eigenvalue weighted by Crippen LogP contribution is -2.49. The van der Waals surface area contributed by atoms with Crippen molar-refractivity contribution in [1.29, 1.82) is 0 Å². The number of benzene rings is 1. The Balaban J connectivity index is 1.60. The zero-order valence-electron chi connectivity index (χ0n) is 17.7. The topological polar surface area (TPSA) is 67.9 Å². The minimum atomic E-state index is -4.42. The highest BCUT2D eigenvalue weighted by Crippen LogP contribution is 2.40. The first-order valence-corrected chi connectivity index (χ1v) is 10.8. The van der Waals surface area contributed by atoms with E-state index < -0.39 is 23.2 Å². The van der Waals surface area contributed by atoms with E-state index in [1.807, 2.05) is 0 Å². The van der Waals surface area contributed by atoms with E-state index in [0.717, 1.165) is 31.4 Å². The number of nitrogens with one attached hydrogen (secondary N) is 1. The van der Waals surface area contributed by atoms with Crippen molar-refractivity contribution < 1.29 is 32.2 Å². The number of piperidine rings is 1. The van der Waals surface area contributed by atoms with Gasteiger partial charge in [0.05, 0.1) is 23.7 Å². The number of anilines is 1. The summed E-state index contributed by atoms with van der Waals surface area (Å²) in [6, 6.07) is 3.93. The van der Waals surface area contributed by atoms with Crippen molar-refractivity contribution in [3.63, 3.8) is 0 Å². The van der Waals surface area contributed by atoms with Crippen LogP contribution in [-0.4, -0.2) is 49.3 Å². The summed E-state index contributed by atoms with van der Waals surface area (Å²) < 4.78 is 49.3. The van der Waals surface area contributed by atoms with E-state index in [9.17, 15) is 22.8 Å². The normalized spacial score (nSPS) is 21.4. The number of esters is 1. The summed E-state index contributed by atoms with van der Waals surface area (Å²) in [5, 5.41) is 2.63. The maximum absolute atomic E-state index is 12.8. The fourth-order valence-corrected chi connectivity index (χ4v) is 4.26. The smallest absolute Gasteiger partial charge is 0.416 e. The number of urea groups is 1. The zero-order chi connectivity index (χ0) is 22.5. The van der Waals surface area contributed by atoms with Crippen molar-refractivity contribution >= 4 is 17.7 Å². The van der Waals surface area contributed by atoms with Crippen LogP contribution in [0.5, 0.6) is 0 Å². The molecule has 0 aromatic heterocycles. The van der Waals surface area contributed by atoms with Crippen LogP contribution < -0.4 is 5.32 Å². The van der Waals surface area contributed by atoms with Gasteiger partial charge in [-0.25, -0.2) is 4.79 Å². The van der Waals surface area contributed by atoms with Crippen LogP contribution in [0.3, 0.4) is 0 Å². The van der Waals surface area contributed by atoms with Gasteiger partial charge in [0.15, 0.2) is 0 Å². The predicted molar refractivity (Wildman–Crippen MR) is 109 cm³/mol. The highest BCUT2D eigenvalue weighted by atomic mass is 19.4. The Morgan fingerprint density at radius 1 is 1.19 bits per heavy atom. The standard InChI is InChI=1S/C22H29F3N2O4/c1-2-30-19(28)21(15-18-5-3-4-14-31-18)10-12-27(13-11-21)20(29)26-17-8-6-16(7-9-17)22(23,24)25/h6-9,18H,2-5,10-15H2,1H3,(H,26,29)/t18-/m0/s1. The Hall–Kier alpha value is -2.29. The van der Waals surface area contributed by atoms with E-state index in [2.05, 4.69) is 5.32 Å². The largest absolute Gasteiger partial charge is 0.466 e. The van der Waals surface area contributed by atoms with Crippen molar-refractivity contribution in [2.24, 2.45) is 5.41 Å². The monoisotopic (exact) mass is 442 g/mol. The molecule has 9 heteroatoms. The van der Waals surface area contributed by atoms with Gasteiger partial charge >= 0.3 is 18.2 Å². The highest BCUT2D eigenvalue weighted by molar-refractivity contribution is 5.89. The average Bonchev–Trinajstić information content (AvgIpc) is 2.75. The van der Waals surface area contributed by atoms with Crippen LogP contribution in [0.25, 0.3) is 0 Å². The maximum atomic E-state index is 12.8. The van der Waals surface area contributed by atoms with Gasteiger partial charge in [-0.05, 0) is 69.7 Å². The Kier molecular flexibility index (Phi) is 7.46. The van der Waals surface area contributed by atoms with Crippen molar-refractivity contribution in [2.45, 2.75) is 57.7 Å². The molecule has 1 aromatic rings. The van der Waals surface area contributed by atoms with Gasteiger partial charge in [0.1, 0.15) is 0 Å². The SMILES string of the molecule is CCOC(=O)C1(C[C@@H]2CCCCO2)CCN(C(=O)Nc2ccc(C(F)(F)F)cc2)CC1. The first-order valence-electron chi connectivity index (χ1n) is 10.8. The van der Waals surface area contributed by atoms with Crippen molar-refractivity contribution in [3.05, 3.63) is 29.8 Å². The number of rotatable bonds is 5. The molecular formula is C22H29F3N2O4. The molecule has 0 spiro atoms. The molecule has 2 aliphatic rings. The number of carbonyl (C=O) groups excluding carboxylic acids is 2. The molecule has 0 unspecified atom stereocenters. The zero-order valence-corrected chi connectivity index (χ0v) is 17.7. The molecule has 2 aliphatic heterocycles. The van der Waals surface area contributed by atoms with E-state index in [1.165, 1.54) is 12.1 Å². The molecule has 2 amide bonds. The molecule has 31 heavy (non-hydrogen) atoms. The number of likely N-dealkylation sites (tertiary alicyclic amines) is 1. The van der Waals surface area contributed by atoms with E-state index in [4.69, 9.17) is 9.47 Å². The maximum Gasteiger partial charge on any atom is 0.416 e. The molecule has 2 saturated heterocycles. The lowest BCUT2D eigenvalue weighted by atomic mass is 9.73. The Morgan fingerprint density at radius 2 is 1.87 bits per heavy atom. The summed E-state index contributed by atoms with van der Waals surface area (Å²) in [5.74, 6) is -0.244. The highest BCUT2D eigenvalue weighted by Gasteiger charge is 2.45. The van der Waals surface area contributed by atoms with E-state index in [1.54, 1.807) is 11.8 Å². The third-order valence-electron chi connectivity index (χ3n) is 6.07. The molecular weight excluding hydrogens is 413 g/mol. The average molecular weight is 442 g/mol. The van der Waals surface area contributed by atoms with Crippen LogP contribution in [0, 0.1) is 5.41 Å². The number of carbonyl (C=O) groups is 2. The molecule has 3 rings (SSSR count). The van der Waals surface area contributed by atoms with Gasteiger partial charge in [0.25, 0.3) is 0 Å². The molecule has 2 fully saturated rings. The number of hydrogen-bond donors (Lipinski definition) is 1. The van der Waals surface area contributed by atoms with E-state index in [0.29, 0.717) is 45.6 Å². The Morgan fingerprint density at radius 3 is 2.42 bits per heavy atom. The van der Waals surface area contributed by atoms with Crippen molar-refractivity contribution in [2.75, 3.05) is 31.6 Å². The molecule has 0 radical (unpaired) electrons. The predicted octanol–water partition coefficient (Wildman–Crippen LogP) is 4.84. The summed E-state index contributed by atoms with van der Waals surface area (Å²) in [5.41, 5.74) is -1.16. The Labute approximate surface area is 180 Å². The second-order valence-corrected chi connectivity index (χ2v) is 8.19. The molecule has 6 nitrogen and oxygen atoms in total. The molecule has 2 heterocycles. The third-order valence-corrected chi connectivity index (χ3v) is 6.07. The van der Waals surface area contributed by atoms with E-state index in [-0.39, 0.29) is 17.8 Å². The van der Waals surface area contributed by atoms with Crippen LogP contribution in [0.1, 0.15) is 51.0 Å². The fraction of sp³-hybridized carbons (Fsp3) is 0.636. The van der Waals surface area contributed by atoms with Gasteiger partial charge < -0.3 is 19.7 Å². The third kappa shape index (κ3) is 5.90. The number of halogens is 3. The van der Waals surface area contributed by atoms with Crippen molar-refractivity contribution in [1.82, 2.24) is 4.90 Å². The number of alkyl halides is 3. The quantitative estimate of drug-likeness (QED) is 0.663. The Bertz CT molecular complexity index is 753. The van der Waals surface area contributed by atoms with Gasteiger partial charge in [0, 0.05) is 25.4 Å². The summed E-state index contributed by atoms with van der Waals surface area (Å²) in [6.45, 7) is 3.49. The minimum Gasteiger partial charge on any atom is -0.466 e. The molecule has 1 N–H and O–H groups in total. The fourth-order valence-electron chi connectivity index (χ4n) is 4.26. The van der Waals surface area contributed by atoms with Gasteiger partial charge in [-0.2, -0.15) is 13.2 Å². The van der Waals surface area contributed by atoms with Crippen LogP contribution in [-0.2, 0) is 20.4 Å². The summed E-state index contributed by atoms with van der Waals surface area (Å²) in [7, 11) is 0. The van der Waals surface area contributed by atoms with Crippen LogP contribution in [0.4, 0.5) is 23.7 Å². The molecule has 172 valence electrons. The molecule has 1 atom stereocenters. The summed E-state index contributed by atoms with van der Waals surface area (Å²) in [4.78, 5) is 27.0. The summed E-state index contributed by atoms with van der Waals surface area (Å²) >= 11 is 0. The van der Waals surface area contributed by atoms with Gasteiger partial charge in [-0.3, -0.25) is 4.79 Å². The second-order valence-electron chi connectivity index (χ2n) is 8.19. The molecule has 0 aliphatic carbocycles. The lowest BCUT2D eigenvalue weighted by molar-refractivity contribution is -0.162. The first kappa shape index (κ1) is 23.4. The van der Waals surface area contributed by atoms with Gasteiger partial charge in [0.2, 0.25) is 0 Å². The number of amides is 2. The van der Waals surface area contributed by atoms with E-state index >= 15 is 0 Å². The lowest BCUT2D eigenvalue weighted by Gasteiger charge is -2.42. The minimum absolute atomic E-state index is 0.0191. The van der Waals surface area contributed by atoms with Gasteiger partial charge in [-0.1, -0.05) is 0 Å². The van der Waals surface area contributed by atoms with Crippen LogP contribution in [0.2, 0.25) is 0 Å². The number of ether oxygens (including phenoxy) is 2. The molecule has 1 aromatic carbocycles. The van der Waals surface area contributed by atoms with Crippen molar-refractivity contribution in [3.8, 4) is 0 Å². The van der Waals surface area contributed by atoms with Gasteiger partial charge in [-0.15, -0.1) is 0 Å². The molecule has 0 bridgehead atoms. The number of hydrogen-bond acceptors (Lipinski definition) is 4. The summed E-state index contributed by atoms with van der Waals surface area (Å²) in [6.07, 6.45) is 0.128. The first-order chi connectivity index (χ1) is 14.7. The number of nitrogens with zero attached hydrogens (tertiary/aromatic N) is 1. The van der Waals surface area contributed by atoms with Crippen LogP contribution >= 0.6 is 0 Å². The second kappa shape index (κ2) is 9.89. The molecule has 0 saturated carbocycles. The van der Waals surface area contributed by atoms with Crippen LogP contribution in [0.15, 0.2) is 24.3 Å².